The lowest BCUT2D eigenvalue weighted by Gasteiger charge is -2.11. The number of aliphatic hydroxyl groups excluding tert-OH is 1. The van der Waals surface area contributed by atoms with E-state index in [2.05, 4.69) is 4.99 Å². The zero-order valence-electron chi connectivity index (χ0n) is 14.4. The average molecular weight is 325 g/mol. The van der Waals surface area contributed by atoms with Crippen LogP contribution in [0.3, 0.4) is 0 Å². The van der Waals surface area contributed by atoms with Crippen LogP contribution in [0.25, 0.3) is 0 Å². The molecule has 1 unspecified atom stereocenters. The average Bonchev–Trinajstić information content (AvgIpc) is 2.69. The van der Waals surface area contributed by atoms with Gasteiger partial charge in [-0.25, -0.2) is 4.99 Å². The molecule has 1 aliphatic rings. The van der Waals surface area contributed by atoms with E-state index in [-0.39, 0.29) is 38.4 Å². The number of nitrogens with zero attached hydrogens (tertiary/aromatic N) is 1. The van der Waals surface area contributed by atoms with Crippen LogP contribution in [-0.4, -0.2) is 23.0 Å². The highest BCUT2D eigenvalue weighted by atomic mass is 35.5. The van der Waals surface area contributed by atoms with Crippen molar-refractivity contribution in [1.82, 2.24) is 0 Å². The van der Waals surface area contributed by atoms with Gasteiger partial charge in [-0.15, -0.1) is 0 Å². The minimum atomic E-state index is -1.91. The molecule has 0 saturated heterocycles. The normalized spacial score (nSPS) is 20.7. The molecular weight excluding hydrogens is 311 g/mol. The maximum atomic E-state index is 12.1. The molecule has 4 nitrogen and oxygen atoms in total. The van der Waals surface area contributed by atoms with Crippen molar-refractivity contribution in [3.63, 3.8) is 0 Å². The number of hydrogen-bond donors (Lipinski definition) is 2. The van der Waals surface area contributed by atoms with Crippen LogP contribution < -0.4 is 5.31 Å². The van der Waals surface area contributed by atoms with Gasteiger partial charge >= 0.3 is 0 Å². The second kappa shape index (κ2) is 5.48. The fraction of sp³-hybridized carbons (Fsp3) is 0.0667. The molecule has 0 fully saturated rings. The molecule has 1 atom stereocenters. The first-order chi connectivity index (χ1) is 11.8. The maximum absolute atomic E-state index is 12.1. The number of amides is 1. The Morgan fingerprint density at radius 2 is 2.05 bits per heavy atom. The molecule has 1 amide bonds. The van der Waals surface area contributed by atoms with E-state index in [0.29, 0.717) is 5.56 Å². The molecule has 0 aromatic heterocycles. The number of halogens is 2. The number of carbonyl (C=O) groups is 1. The summed E-state index contributed by atoms with van der Waals surface area (Å²) in [5.74, 6) is -1.11. The van der Waals surface area contributed by atoms with Gasteiger partial charge < -0.3 is 10.4 Å². The summed E-state index contributed by atoms with van der Waals surface area (Å²) in [5.41, 5.74) is -0.204. The number of fused-ring (bicyclic) bond motifs is 1. The Morgan fingerprint density at radius 1 is 1.29 bits per heavy atom. The third-order valence-electron chi connectivity index (χ3n) is 2.82. The molecule has 0 aliphatic carbocycles. The molecule has 0 radical (unpaired) electrons. The molecule has 6 heteroatoms. The first-order valence-corrected chi connectivity index (χ1v) is 6.64. The number of nitrogens with one attached hydrogen (secondary N) is 1. The number of rotatable bonds is 1. The molecule has 0 bridgehead atoms. The number of carbonyl (C=O) groups excluding carboxylic acids is 1. The third kappa shape index (κ3) is 2.65. The van der Waals surface area contributed by atoms with Crippen LogP contribution >= 0.6 is 23.2 Å². The maximum Gasteiger partial charge on any atom is 0.276 e. The van der Waals surface area contributed by atoms with Crippen LogP contribution in [-0.2, 0) is 4.79 Å². The second-order valence-electron chi connectivity index (χ2n) is 4.19. The fourth-order valence-electron chi connectivity index (χ4n) is 1.90. The third-order valence-corrected chi connectivity index (χ3v) is 3.34. The summed E-state index contributed by atoms with van der Waals surface area (Å²) in [7, 11) is 0. The molecule has 3 rings (SSSR count). The highest BCUT2D eigenvalue weighted by Crippen LogP contribution is 2.29. The minimum absolute atomic E-state index is 0.0448. The van der Waals surface area contributed by atoms with Crippen molar-refractivity contribution in [2.24, 2.45) is 4.99 Å². The van der Waals surface area contributed by atoms with Crippen molar-refractivity contribution in [3.8, 4) is 0 Å². The molecule has 2 N–H and O–H groups in total. The van der Waals surface area contributed by atoms with Crippen molar-refractivity contribution < 1.29 is 15.4 Å². The molecular formula is C15H10Cl2N2O2. The van der Waals surface area contributed by atoms with E-state index < -0.39 is 24.2 Å². The summed E-state index contributed by atoms with van der Waals surface area (Å²) in [6.45, 7) is 0. The van der Waals surface area contributed by atoms with Gasteiger partial charge in [0.05, 0.1) is 15.5 Å². The Balaban J connectivity index is 2.46. The van der Waals surface area contributed by atoms with E-state index in [9.17, 15) is 9.90 Å². The van der Waals surface area contributed by atoms with Gasteiger partial charge in [0, 0.05) is 21.2 Å². The van der Waals surface area contributed by atoms with Crippen LogP contribution in [0.1, 0.15) is 15.2 Å². The fourth-order valence-corrected chi connectivity index (χ4v) is 2.27. The van der Waals surface area contributed by atoms with Gasteiger partial charge in [-0.3, -0.25) is 4.79 Å². The molecule has 0 saturated carbocycles. The predicted octanol–water partition coefficient (Wildman–Crippen LogP) is 3.10. The van der Waals surface area contributed by atoms with Crippen LogP contribution in [0, 0.1) is 0 Å². The van der Waals surface area contributed by atoms with Gasteiger partial charge in [-0.05, 0) is 24.2 Å². The van der Waals surface area contributed by atoms with Crippen molar-refractivity contribution in [1.29, 1.82) is 0 Å². The summed E-state index contributed by atoms with van der Waals surface area (Å²) in [6, 6.07) is 5.04. The van der Waals surface area contributed by atoms with Crippen molar-refractivity contribution in [3.05, 3.63) is 63.6 Å². The Morgan fingerprint density at radius 3 is 2.81 bits per heavy atom. The first-order valence-electron chi connectivity index (χ1n) is 7.83. The molecule has 106 valence electrons. The van der Waals surface area contributed by atoms with Gasteiger partial charge in [-0.2, -0.15) is 0 Å². The van der Waals surface area contributed by atoms with Crippen LogP contribution in [0.4, 0.5) is 5.69 Å². The predicted molar refractivity (Wildman–Crippen MR) is 83.2 cm³/mol. The van der Waals surface area contributed by atoms with Crippen molar-refractivity contribution in [2.75, 3.05) is 5.31 Å². The minimum Gasteiger partial charge on any atom is -0.364 e. The second-order valence-corrected chi connectivity index (χ2v) is 4.98. The molecule has 2 aromatic rings. The molecule has 2 aromatic carbocycles. The van der Waals surface area contributed by atoms with E-state index in [1.807, 2.05) is 0 Å². The topological polar surface area (TPSA) is 61.7 Å². The lowest BCUT2D eigenvalue weighted by atomic mass is 10.0. The van der Waals surface area contributed by atoms with Gasteiger partial charge in [0.1, 0.15) is 0 Å². The zero-order chi connectivity index (χ0) is 18.5. The number of benzene rings is 2. The highest BCUT2D eigenvalue weighted by molar-refractivity contribution is 6.36. The first kappa shape index (κ1) is 9.95. The smallest absolute Gasteiger partial charge is 0.276 e. The summed E-state index contributed by atoms with van der Waals surface area (Å²) >= 11 is 12.2. The quantitative estimate of drug-likeness (QED) is 0.846. The van der Waals surface area contributed by atoms with Crippen molar-refractivity contribution >= 4 is 40.5 Å². The summed E-state index contributed by atoms with van der Waals surface area (Å²) < 4.78 is 32.0. The Kier molecular flexibility index (Phi) is 2.60. The van der Waals surface area contributed by atoms with E-state index in [1.165, 1.54) is 0 Å². The van der Waals surface area contributed by atoms with E-state index in [0.717, 1.165) is 0 Å². The zero-order valence-corrected chi connectivity index (χ0v) is 11.9. The van der Waals surface area contributed by atoms with Gasteiger partial charge in [0.2, 0.25) is 6.23 Å². The molecule has 0 spiro atoms. The van der Waals surface area contributed by atoms with Crippen LogP contribution in [0.15, 0.2) is 47.4 Å². The summed E-state index contributed by atoms with van der Waals surface area (Å²) in [4.78, 5) is 16.0. The van der Waals surface area contributed by atoms with E-state index in [4.69, 9.17) is 28.7 Å². The number of anilines is 1. The molecule has 1 heterocycles. The number of aliphatic hydroxyl groups is 1. The Hall–Kier alpha value is -1.88. The lowest BCUT2D eigenvalue weighted by Crippen LogP contribution is -2.24. The SMILES string of the molecule is [2H]c1c([2H])c2c(c([2H])c1Cl)C(c1ccccc1Cl)=NC(O)C(=O)N2[2H]. The van der Waals surface area contributed by atoms with Crippen molar-refractivity contribution in [2.45, 2.75) is 6.23 Å². The molecule has 1 aliphatic heterocycles. The Bertz CT molecular complexity index is 936. The van der Waals surface area contributed by atoms with E-state index in [1.54, 1.807) is 24.3 Å². The Labute approximate surface area is 136 Å². The van der Waals surface area contributed by atoms with E-state index >= 15 is 0 Å². The number of hydrogen-bond acceptors (Lipinski definition) is 3. The summed E-state index contributed by atoms with van der Waals surface area (Å²) in [5, 5.41) is 10.2. The van der Waals surface area contributed by atoms with Gasteiger partial charge in [-0.1, -0.05) is 41.4 Å². The standard InChI is InChI=1S/C15H10Cl2N2O2/c16-8-5-6-12-10(7-8)13(19-15(21)14(20)18-12)9-3-1-2-4-11(9)17/h1-7,15,21H,(H,18,20)/i5D,6D,7D/hD. The largest absolute Gasteiger partial charge is 0.364 e. The van der Waals surface area contributed by atoms with Gasteiger partial charge in [0.15, 0.2) is 1.41 Å². The number of aliphatic imine (C=N–C) groups is 1. The van der Waals surface area contributed by atoms with Crippen LogP contribution in [0.2, 0.25) is 11.5 Å². The number of benzodiazepines with no additional fused rings is 1. The molecule has 21 heavy (non-hydrogen) atoms. The summed E-state index contributed by atoms with van der Waals surface area (Å²) in [6.07, 6.45) is -1.91. The highest BCUT2D eigenvalue weighted by Gasteiger charge is 2.25. The van der Waals surface area contributed by atoms with Gasteiger partial charge in [0.25, 0.3) is 5.91 Å². The van der Waals surface area contributed by atoms with Crippen LogP contribution in [0.5, 0.6) is 0 Å². The monoisotopic (exact) mass is 324 g/mol. The lowest BCUT2D eigenvalue weighted by molar-refractivity contribution is -0.123.